The fourth-order valence-corrected chi connectivity index (χ4v) is 4.66. The van der Waals surface area contributed by atoms with E-state index in [9.17, 15) is 18.3 Å². The molecule has 156 valence electrons. The van der Waals surface area contributed by atoms with E-state index in [1.807, 2.05) is 30.3 Å². The van der Waals surface area contributed by atoms with Gasteiger partial charge in [0.1, 0.15) is 11.9 Å². The Morgan fingerprint density at radius 3 is 2.52 bits per heavy atom. The summed E-state index contributed by atoms with van der Waals surface area (Å²) in [5.74, 6) is -0.270. The van der Waals surface area contributed by atoms with Gasteiger partial charge in [-0.2, -0.15) is 0 Å². The molecule has 0 radical (unpaired) electrons. The first-order chi connectivity index (χ1) is 13.9. The lowest BCUT2D eigenvalue weighted by molar-refractivity contribution is -0.274. The Labute approximate surface area is 170 Å². The second-order valence-electron chi connectivity index (χ2n) is 6.86. The molecule has 2 heterocycles. The maximum absolute atomic E-state index is 12.3. The zero-order valence-corrected chi connectivity index (χ0v) is 16.0. The molecule has 2 aromatic carbocycles. The maximum atomic E-state index is 12.3. The number of hydrogen-bond donors (Lipinski definition) is 2. The highest BCUT2D eigenvalue weighted by Gasteiger charge is 2.50. The Morgan fingerprint density at radius 2 is 1.83 bits per heavy atom. The third-order valence-electron chi connectivity index (χ3n) is 4.82. The lowest BCUT2D eigenvalue weighted by Crippen LogP contribution is -2.58. The van der Waals surface area contributed by atoms with E-state index in [-0.39, 0.29) is 23.1 Å². The number of thioether (sulfide) groups is 1. The summed E-state index contributed by atoms with van der Waals surface area (Å²) in [5, 5.41) is 13.9. The van der Waals surface area contributed by atoms with E-state index in [1.54, 1.807) is 12.1 Å². The van der Waals surface area contributed by atoms with Gasteiger partial charge in [-0.1, -0.05) is 30.3 Å². The van der Waals surface area contributed by atoms with Crippen LogP contribution in [-0.2, 0) is 16.0 Å². The predicted molar refractivity (Wildman–Crippen MR) is 100 cm³/mol. The van der Waals surface area contributed by atoms with Crippen LogP contribution < -0.4 is 10.1 Å². The average molecular weight is 427 g/mol. The molecule has 0 unspecified atom stereocenters. The van der Waals surface area contributed by atoms with Gasteiger partial charge in [0.15, 0.2) is 6.29 Å². The molecule has 2 saturated heterocycles. The van der Waals surface area contributed by atoms with Gasteiger partial charge in [0.05, 0.1) is 24.0 Å². The Morgan fingerprint density at radius 1 is 1.10 bits per heavy atom. The molecule has 5 atom stereocenters. The predicted octanol–water partition coefficient (Wildman–Crippen LogP) is 3.32. The van der Waals surface area contributed by atoms with Gasteiger partial charge in [-0.15, -0.1) is 24.9 Å². The largest absolute Gasteiger partial charge is 0.573 e. The fraction of sp³-hybridized carbons (Fsp3) is 0.400. The normalized spacial score (nSPS) is 29.0. The number of halogens is 3. The van der Waals surface area contributed by atoms with Crippen molar-refractivity contribution in [3.63, 3.8) is 0 Å². The van der Waals surface area contributed by atoms with Crippen molar-refractivity contribution in [3.8, 4) is 5.75 Å². The number of aliphatic hydroxyl groups is 1. The monoisotopic (exact) mass is 427 g/mol. The van der Waals surface area contributed by atoms with Crippen molar-refractivity contribution in [2.75, 3.05) is 6.61 Å². The van der Waals surface area contributed by atoms with Crippen LogP contribution in [0, 0.1) is 0 Å². The SMILES string of the molecule is O[C@H]1[C@H](NCc2ccc(OC(F)(F)F)cc2)[C@H]2CO[C@H](O2)[C@@H]1Sc1ccccc1. The zero-order valence-electron chi connectivity index (χ0n) is 15.2. The van der Waals surface area contributed by atoms with E-state index < -0.39 is 18.8 Å². The minimum Gasteiger partial charge on any atom is -0.406 e. The highest BCUT2D eigenvalue weighted by atomic mass is 32.2. The summed E-state index contributed by atoms with van der Waals surface area (Å²) in [5.41, 5.74) is 0.764. The van der Waals surface area contributed by atoms with Gasteiger partial charge < -0.3 is 24.6 Å². The Bertz CT molecular complexity index is 806. The molecule has 2 bridgehead atoms. The average Bonchev–Trinajstić information content (AvgIpc) is 3.12. The lowest BCUT2D eigenvalue weighted by atomic mass is 9.99. The van der Waals surface area contributed by atoms with Crippen LogP contribution >= 0.6 is 11.8 Å². The van der Waals surface area contributed by atoms with E-state index in [2.05, 4.69) is 10.1 Å². The van der Waals surface area contributed by atoms with Gasteiger partial charge in [-0.05, 0) is 29.8 Å². The summed E-state index contributed by atoms with van der Waals surface area (Å²) < 4.78 is 52.3. The summed E-state index contributed by atoms with van der Waals surface area (Å²) >= 11 is 1.50. The van der Waals surface area contributed by atoms with Crippen LogP contribution in [0.3, 0.4) is 0 Å². The van der Waals surface area contributed by atoms with Gasteiger partial charge in [-0.25, -0.2) is 0 Å². The molecule has 5 nitrogen and oxygen atoms in total. The van der Waals surface area contributed by atoms with Crippen molar-refractivity contribution in [1.82, 2.24) is 5.32 Å². The number of nitrogens with one attached hydrogen (secondary N) is 1. The van der Waals surface area contributed by atoms with Crippen LogP contribution in [0.5, 0.6) is 5.75 Å². The standard InChI is InChI=1S/C20H20F3NO4S/c21-20(22,23)28-13-8-6-12(7-9-13)10-24-16-15-11-26-19(27-15)18(17(16)25)29-14-4-2-1-3-5-14/h1-9,15-19,24-25H,10-11H2/t15-,16-,17+,18-,19-/m1/s1. The first kappa shape index (κ1) is 20.5. The summed E-state index contributed by atoms with van der Waals surface area (Å²) in [6.07, 6.45) is -6.18. The molecule has 29 heavy (non-hydrogen) atoms. The number of aliphatic hydroxyl groups excluding tert-OH is 1. The molecule has 0 saturated carbocycles. The smallest absolute Gasteiger partial charge is 0.406 e. The zero-order chi connectivity index (χ0) is 20.4. The molecule has 2 aliphatic rings. The van der Waals surface area contributed by atoms with Crippen molar-refractivity contribution in [1.29, 1.82) is 0 Å². The van der Waals surface area contributed by atoms with Crippen LogP contribution in [0.25, 0.3) is 0 Å². The highest BCUT2D eigenvalue weighted by Crippen LogP contribution is 2.38. The van der Waals surface area contributed by atoms with Gasteiger partial charge in [0, 0.05) is 11.4 Å². The first-order valence-corrected chi connectivity index (χ1v) is 10.0. The third kappa shape index (κ3) is 5.04. The second kappa shape index (κ2) is 8.53. The molecule has 0 aliphatic carbocycles. The first-order valence-electron chi connectivity index (χ1n) is 9.14. The van der Waals surface area contributed by atoms with E-state index >= 15 is 0 Å². The van der Waals surface area contributed by atoms with E-state index in [0.717, 1.165) is 10.5 Å². The number of fused-ring (bicyclic) bond motifs is 2. The van der Waals surface area contributed by atoms with Crippen molar-refractivity contribution in [3.05, 3.63) is 60.2 Å². The van der Waals surface area contributed by atoms with Crippen LogP contribution in [-0.4, -0.2) is 47.9 Å². The van der Waals surface area contributed by atoms with Crippen LogP contribution in [0.1, 0.15) is 5.56 Å². The molecule has 0 amide bonds. The minimum absolute atomic E-state index is 0.270. The summed E-state index contributed by atoms with van der Waals surface area (Å²) in [4.78, 5) is 1.01. The molecule has 0 spiro atoms. The molecule has 2 aliphatic heterocycles. The van der Waals surface area contributed by atoms with Crippen LogP contribution in [0.4, 0.5) is 13.2 Å². The Balaban J connectivity index is 1.39. The summed E-state index contributed by atoms with van der Waals surface area (Å²) in [6.45, 7) is 0.741. The van der Waals surface area contributed by atoms with Crippen LogP contribution in [0.2, 0.25) is 0 Å². The number of rotatable bonds is 6. The topological polar surface area (TPSA) is 60.0 Å². The molecular formula is C20H20F3NO4S. The van der Waals surface area contributed by atoms with Gasteiger partial charge in [0.25, 0.3) is 0 Å². The molecule has 2 fully saturated rings. The second-order valence-corrected chi connectivity index (χ2v) is 8.11. The van der Waals surface area contributed by atoms with Crippen molar-refractivity contribution < 1.29 is 32.5 Å². The van der Waals surface area contributed by atoms with Crippen molar-refractivity contribution in [2.24, 2.45) is 0 Å². The van der Waals surface area contributed by atoms with Gasteiger partial charge in [0.2, 0.25) is 0 Å². The summed E-state index contributed by atoms with van der Waals surface area (Å²) in [7, 11) is 0. The fourth-order valence-electron chi connectivity index (χ4n) is 3.46. The molecule has 0 aromatic heterocycles. The van der Waals surface area contributed by atoms with Crippen LogP contribution in [0.15, 0.2) is 59.5 Å². The molecule has 2 aromatic rings. The van der Waals surface area contributed by atoms with Crippen molar-refractivity contribution in [2.45, 2.75) is 47.6 Å². The molecule has 2 N–H and O–H groups in total. The maximum Gasteiger partial charge on any atom is 0.573 e. The molecular weight excluding hydrogens is 407 g/mol. The quantitative estimate of drug-likeness (QED) is 0.738. The number of benzene rings is 2. The lowest BCUT2D eigenvalue weighted by Gasteiger charge is -2.38. The highest BCUT2D eigenvalue weighted by molar-refractivity contribution is 8.00. The summed E-state index contributed by atoms with van der Waals surface area (Å²) in [6, 6.07) is 15.0. The van der Waals surface area contributed by atoms with Crippen molar-refractivity contribution >= 4 is 11.8 Å². The van der Waals surface area contributed by atoms with E-state index in [0.29, 0.717) is 13.2 Å². The third-order valence-corrected chi connectivity index (χ3v) is 6.14. The number of ether oxygens (including phenoxy) is 3. The Kier molecular flexibility index (Phi) is 6.03. The molecule has 4 rings (SSSR count). The van der Waals surface area contributed by atoms with Gasteiger partial charge >= 0.3 is 6.36 Å². The Hall–Kier alpha value is -1.78. The van der Waals surface area contributed by atoms with Gasteiger partial charge in [-0.3, -0.25) is 0 Å². The number of alkyl halides is 3. The van der Waals surface area contributed by atoms with E-state index in [1.165, 1.54) is 23.9 Å². The molecule has 9 heteroatoms. The minimum atomic E-state index is -4.71. The van der Waals surface area contributed by atoms with E-state index in [4.69, 9.17) is 9.47 Å². The number of hydrogen-bond acceptors (Lipinski definition) is 6.